The molecule has 194 valence electrons. The molecule has 0 unspecified atom stereocenters. The third-order valence-corrected chi connectivity index (χ3v) is 6.18. The number of nitrogens with zero attached hydrogens (tertiary/aromatic N) is 2. The summed E-state index contributed by atoms with van der Waals surface area (Å²) in [5.74, 6) is -3.86. The van der Waals surface area contributed by atoms with Crippen LogP contribution in [0.3, 0.4) is 0 Å². The molecule has 2 aromatic carbocycles. The molecule has 12 heteroatoms. The summed E-state index contributed by atoms with van der Waals surface area (Å²) in [5, 5.41) is 7.56. The number of hydrogen-bond acceptors (Lipinski definition) is 5. The standard InChI is InChI=1S/C25H25ClF2N6O3/c26-18-12-15(27)13-19(28)20(18)23(35)32-16-4-6-17(7-5-16)33-25(37)22-21(30-14-31-22)24(36)29-8-11-34-9-2-1-3-10-34/h4-7,12-14H,1-3,8-11H2,(H,29,36)(H,30,31)(H,32,35)(H,33,37). The zero-order valence-corrected chi connectivity index (χ0v) is 20.5. The van der Waals surface area contributed by atoms with Gasteiger partial charge in [0.05, 0.1) is 16.9 Å². The minimum absolute atomic E-state index is 0.00859. The number of halogens is 3. The molecule has 0 aliphatic carbocycles. The van der Waals surface area contributed by atoms with Crippen LogP contribution < -0.4 is 16.0 Å². The van der Waals surface area contributed by atoms with Crippen LogP contribution in [0.4, 0.5) is 20.2 Å². The van der Waals surface area contributed by atoms with Crippen LogP contribution in [-0.4, -0.2) is 58.8 Å². The molecule has 2 heterocycles. The number of carbonyl (C=O) groups is 3. The molecule has 3 amide bonds. The van der Waals surface area contributed by atoms with Gasteiger partial charge in [-0.25, -0.2) is 13.8 Å². The van der Waals surface area contributed by atoms with E-state index in [1.54, 1.807) is 0 Å². The van der Waals surface area contributed by atoms with E-state index in [1.807, 2.05) is 0 Å². The smallest absolute Gasteiger partial charge is 0.274 e. The summed E-state index contributed by atoms with van der Waals surface area (Å²) in [5.41, 5.74) is 0.173. The van der Waals surface area contributed by atoms with Gasteiger partial charge >= 0.3 is 0 Å². The Hall–Kier alpha value is -3.83. The summed E-state index contributed by atoms with van der Waals surface area (Å²) in [4.78, 5) is 46.6. The van der Waals surface area contributed by atoms with Gasteiger partial charge < -0.3 is 25.8 Å². The van der Waals surface area contributed by atoms with Crippen LogP contribution in [0.1, 0.15) is 50.6 Å². The highest BCUT2D eigenvalue weighted by Gasteiger charge is 2.21. The molecule has 1 aliphatic rings. The number of likely N-dealkylation sites (tertiary alicyclic amines) is 1. The number of benzene rings is 2. The number of aromatic amines is 1. The lowest BCUT2D eigenvalue weighted by Crippen LogP contribution is -2.38. The minimum atomic E-state index is -1.09. The number of carbonyl (C=O) groups excluding carboxylic acids is 3. The molecule has 1 aliphatic heterocycles. The predicted molar refractivity (Wildman–Crippen MR) is 135 cm³/mol. The Morgan fingerprint density at radius 2 is 1.59 bits per heavy atom. The van der Waals surface area contributed by atoms with Crippen LogP contribution in [0, 0.1) is 11.6 Å². The van der Waals surface area contributed by atoms with Crippen LogP contribution in [0.5, 0.6) is 0 Å². The van der Waals surface area contributed by atoms with Crippen molar-refractivity contribution in [2.75, 3.05) is 36.8 Å². The molecule has 1 fully saturated rings. The number of piperidine rings is 1. The number of H-pyrrole nitrogens is 1. The van der Waals surface area contributed by atoms with Gasteiger partial charge in [0.25, 0.3) is 17.7 Å². The van der Waals surface area contributed by atoms with E-state index in [1.165, 1.54) is 37.0 Å². The number of anilines is 2. The average molecular weight is 531 g/mol. The van der Waals surface area contributed by atoms with Gasteiger partial charge in [-0.3, -0.25) is 14.4 Å². The van der Waals surface area contributed by atoms with Gasteiger partial charge in [0.2, 0.25) is 0 Å². The zero-order chi connectivity index (χ0) is 26.4. The first-order chi connectivity index (χ1) is 17.8. The summed E-state index contributed by atoms with van der Waals surface area (Å²) >= 11 is 5.80. The third-order valence-electron chi connectivity index (χ3n) is 5.88. The summed E-state index contributed by atoms with van der Waals surface area (Å²) in [6.07, 6.45) is 4.82. The van der Waals surface area contributed by atoms with Crippen LogP contribution in [-0.2, 0) is 0 Å². The fraction of sp³-hybridized carbons (Fsp3) is 0.280. The highest BCUT2D eigenvalue weighted by molar-refractivity contribution is 6.34. The second-order valence-corrected chi connectivity index (χ2v) is 8.92. The van der Waals surface area contributed by atoms with E-state index in [-0.39, 0.29) is 22.1 Å². The lowest BCUT2D eigenvalue weighted by Gasteiger charge is -2.26. The maximum atomic E-state index is 14.0. The summed E-state index contributed by atoms with van der Waals surface area (Å²) in [6.45, 7) is 3.23. The topological polar surface area (TPSA) is 119 Å². The monoisotopic (exact) mass is 530 g/mol. The number of aromatic nitrogens is 2. The van der Waals surface area contributed by atoms with E-state index in [9.17, 15) is 23.2 Å². The van der Waals surface area contributed by atoms with E-state index in [2.05, 4.69) is 30.8 Å². The van der Waals surface area contributed by atoms with E-state index >= 15 is 0 Å². The molecular weight excluding hydrogens is 506 g/mol. The zero-order valence-electron chi connectivity index (χ0n) is 19.7. The van der Waals surface area contributed by atoms with Crippen LogP contribution in [0.25, 0.3) is 0 Å². The quantitative estimate of drug-likeness (QED) is 0.350. The molecule has 1 aromatic heterocycles. The number of amides is 3. The first kappa shape index (κ1) is 26.2. The summed E-state index contributed by atoms with van der Waals surface area (Å²) < 4.78 is 27.2. The molecule has 4 N–H and O–H groups in total. The summed E-state index contributed by atoms with van der Waals surface area (Å²) in [6, 6.07) is 7.37. The van der Waals surface area contributed by atoms with Crippen LogP contribution >= 0.6 is 11.6 Å². The van der Waals surface area contributed by atoms with Crippen molar-refractivity contribution in [3.8, 4) is 0 Å². The predicted octanol–water partition coefficient (Wildman–Crippen LogP) is 4.06. The van der Waals surface area contributed by atoms with Crippen molar-refractivity contribution in [2.45, 2.75) is 19.3 Å². The van der Waals surface area contributed by atoms with Gasteiger partial charge in [0.15, 0.2) is 5.69 Å². The normalized spacial score (nSPS) is 13.7. The first-order valence-corrected chi connectivity index (χ1v) is 12.1. The van der Waals surface area contributed by atoms with Crippen molar-refractivity contribution in [2.24, 2.45) is 0 Å². The Morgan fingerprint density at radius 1 is 0.946 bits per heavy atom. The molecule has 3 aromatic rings. The fourth-order valence-corrected chi connectivity index (χ4v) is 4.30. The molecular formula is C25H25ClF2N6O3. The Morgan fingerprint density at radius 3 is 2.24 bits per heavy atom. The number of rotatable bonds is 8. The second kappa shape index (κ2) is 11.9. The Labute approximate surface area is 216 Å². The van der Waals surface area contributed by atoms with Crippen molar-refractivity contribution in [1.82, 2.24) is 20.2 Å². The fourth-order valence-electron chi connectivity index (χ4n) is 4.02. The van der Waals surface area contributed by atoms with Crippen molar-refractivity contribution in [3.05, 3.63) is 76.3 Å². The van der Waals surface area contributed by atoms with E-state index < -0.39 is 34.9 Å². The van der Waals surface area contributed by atoms with Crippen molar-refractivity contribution >= 4 is 40.7 Å². The lowest BCUT2D eigenvalue weighted by molar-refractivity contribution is 0.0929. The highest BCUT2D eigenvalue weighted by Crippen LogP contribution is 2.23. The van der Waals surface area contributed by atoms with Gasteiger partial charge in [-0.1, -0.05) is 18.0 Å². The molecule has 37 heavy (non-hydrogen) atoms. The van der Waals surface area contributed by atoms with E-state index in [4.69, 9.17) is 11.6 Å². The molecule has 0 atom stereocenters. The van der Waals surface area contributed by atoms with Gasteiger partial charge in [-0.15, -0.1) is 0 Å². The van der Waals surface area contributed by atoms with Crippen molar-refractivity contribution in [1.29, 1.82) is 0 Å². The molecule has 9 nitrogen and oxygen atoms in total. The molecule has 0 bridgehead atoms. The van der Waals surface area contributed by atoms with Gasteiger partial charge in [0, 0.05) is 30.5 Å². The van der Waals surface area contributed by atoms with Crippen molar-refractivity contribution in [3.63, 3.8) is 0 Å². The average Bonchev–Trinajstić information content (AvgIpc) is 3.36. The lowest BCUT2D eigenvalue weighted by atomic mass is 10.1. The third kappa shape index (κ3) is 6.69. The van der Waals surface area contributed by atoms with E-state index in [0.29, 0.717) is 18.3 Å². The number of imidazole rings is 1. The maximum absolute atomic E-state index is 14.0. The molecule has 0 spiro atoms. The Bertz CT molecular complexity index is 1270. The summed E-state index contributed by atoms with van der Waals surface area (Å²) in [7, 11) is 0. The molecule has 1 saturated heterocycles. The largest absolute Gasteiger partial charge is 0.349 e. The van der Waals surface area contributed by atoms with Gasteiger partial charge in [-0.05, 0) is 56.3 Å². The Balaban J connectivity index is 1.33. The molecule has 0 radical (unpaired) electrons. The maximum Gasteiger partial charge on any atom is 0.274 e. The Kier molecular flexibility index (Phi) is 8.47. The second-order valence-electron chi connectivity index (χ2n) is 8.51. The van der Waals surface area contributed by atoms with E-state index in [0.717, 1.165) is 38.5 Å². The number of nitrogens with one attached hydrogen (secondary N) is 4. The number of hydrogen-bond donors (Lipinski definition) is 4. The van der Waals surface area contributed by atoms with Crippen LogP contribution in [0.2, 0.25) is 5.02 Å². The van der Waals surface area contributed by atoms with Crippen molar-refractivity contribution < 1.29 is 23.2 Å². The molecule has 4 rings (SSSR count). The van der Waals surface area contributed by atoms with Crippen LogP contribution in [0.15, 0.2) is 42.7 Å². The SMILES string of the molecule is O=C(NCCN1CCCCC1)c1nc[nH]c1C(=O)Nc1ccc(NC(=O)c2c(F)cc(F)cc2Cl)cc1. The molecule has 0 saturated carbocycles. The van der Waals surface area contributed by atoms with Gasteiger partial charge in [0.1, 0.15) is 17.3 Å². The first-order valence-electron chi connectivity index (χ1n) is 11.7. The minimum Gasteiger partial charge on any atom is -0.349 e. The van der Waals surface area contributed by atoms with Gasteiger partial charge in [-0.2, -0.15) is 0 Å². The highest BCUT2D eigenvalue weighted by atomic mass is 35.5.